The molecule has 3 heteroatoms. The Morgan fingerprint density at radius 2 is 2.20 bits per heavy atom. The number of hydrogen-bond donors (Lipinski definition) is 1. The molecule has 0 aliphatic heterocycles. The van der Waals surface area contributed by atoms with E-state index in [9.17, 15) is 4.79 Å². The van der Waals surface area contributed by atoms with Crippen LogP contribution in [0.15, 0.2) is 24.3 Å². The Morgan fingerprint density at radius 3 is 2.87 bits per heavy atom. The zero-order valence-corrected chi connectivity index (χ0v) is 8.62. The van der Waals surface area contributed by atoms with Gasteiger partial charge in [-0.05, 0) is 12.1 Å². The normalized spacial score (nSPS) is 8.87. The molecule has 1 aromatic rings. The number of para-hydroxylation sites is 1. The van der Waals surface area contributed by atoms with Crippen LogP contribution < -0.4 is 5.73 Å². The maximum atomic E-state index is 10.8. The molecule has 0 aliphatic rings. The predicted octanol–water partition coefficient (Wildman–Crippen LogP) is 1.57. The summed E-state index contributed by atoms with van der Waals surface area (Å²) >= 11 is 0. The first-order chi connectivity index (χ1) is 7.24. The molecule has 78 valence electrons. The van der Waals surface area contributed by atoms with Crippen molar-refractivity contribution in [2.45, 2.75) is 12.8 Å². The van der Waals surface area contributed by atoms with E-state index in [1.165, 1.54) is 7.11 Å². The van der Waals surface area contributed by atoms with Gasteiger partial charge in [0.15, 0.2) is 0 Å². The summed E-state index contributed by atoms with van der Waals surface area (Å²) in [6.07, 6.45) is 0.803. The lowest BCUT2D eigenvalue weighted by atomic mass is 10.2. The predicted molar refractivity (Wildman–Crippen MR) is 59.0 cm³/mol. The molecule has 15 heavy (non-hydrogen) atoms. The van der Waals surface area contributed by atoms with E-state index in [-0.39, 0.29) is 5.97 Å². The number of anilines is 1. The van der Waals surface area contributed by atoms with E-state index in [2.05, 4.69) is 16.6 Å². The van der Waals surface area contributed by atoms with Gasteiger partial charge < -0.3 is 10.5 Å². The lowest BCUT2D eigenvalue weighted by Crippen LogP contribution is -1.98. The van der Waals surface area contributed by atoms with Crippen molar-refractivity contribution < 1.29 is 9.53 Å². The maximum absolute atomic E-state index is 10.8. The third-order valence-electron chi connectivity index (χ3n) is 1.87. The highest BCUT2D eigenvalue weighted by Crippen LogP contribution is 2.08. The summed E-state index contributed by atoms with van der Waals surface area (Å²) in [6, 6.07) is 7.38. The van der Waals surface area contributed by atoms with E-state index >= 15 is 0 Å². The smallest absolute Gasteiger partial charge is 0.306 e. The van der Waals surface area contributed by atoms with Gasteiger partial charge in [0.1, 0.15) is 0 Å². The Kier molecular flexibility index (Phi) is 4.24. The van der Waals surface area contributed by atoms with Crippen molar-refractivity contribution in [1.82, 2.24) is 0 Å². The summed E-state index contributed by atoms with van der Waals surface area (Å²) in [5, 5.41) is 0. The second-order valence-corrected chi connectivity index (χ2v) is 2.97. The number of carbonyl (C=O) groups excluding carboxylic acids is 1. The molecular formula is C12H13NO2. The molecular weight excluding hydrogens is 190 g/mol. The molecule has 0 atom stereocenters. The highest BCUT2D eigenvalue weighted by atomic mass is 16.5. The lowest BCUT2D eigenvalue weighted by Gasteiger charge is -1.95. The Morgan fingerprint density at radius 1 is 1.47 bits per heavy atom. The summed E-state index contributed by atoms with van der Waals surface area (Å²) in [5.74, 6) is 5.54. The molecule has 0 saturated heterocycles. The molecule has 0 amide bonds. The van der Waals surface area contributed by atoms with Gasteiger partial charge in [-0.25, -0.2) is 0 Å². The molecule has 0 spiro atoms. The van der Waals surface area contributed by atoms with Crippen LogP contribution in [0.3, 0.4) is 0 Å². The molecule has 1 rings (SSSR count). The minimum atomic E-state index is -0.245. The molecule has 0 radical (unpaired) electrons. The van der Waals surface area contributed by atoms with Crippen LogP contribution in [0.5, 0.6) is 0 Å². The summed E-state index contributed by atoms with van der Waals surface area (Å²) in [6.45, 7) is 0. The van der Waals surface area contributed by atoms with Gasteiger partial charge in [-0.2, -0.15) is 0 Å². The average Bonchev–Trinajstić information content (AvgIpc) is 2.26. The Bertz CT molecular complexity index is 402. The number of rotatable bonds is 2. The van der Waals surface area contributed by atoms with Crippen molar-refractivity contribution in [1.29, 1.82) is 0 Å². The monoisotopic (exact) mass is 203 g/mol. The van der Waals surface area contributed by atoms with Gasteiger partial charge in [-0.3, -0.25) is 4.79 Å². The van der Waals surface area contributed by atoms with E-state index in [1.807, 2.05) is 18.2 Å². The second-order valence-electron chi connectivity index (χ2n) is 2.97. The molecule has 0 aliphatic carbocycles. The third-order valence-corrected chi connectivity index (χ3v) is 1.87. The van der Waals surface area contributed by atoms with Gasteiger partial charge in [-0.1, -0.05) is 24.0 Å². The van der Waals surface area contributed by atoms with Crippen LogP contribution in [0, 0.1) is 11.8 Å². The standard InChI is InChI=1S/C12H13NO2/c1-15-12(14)9-5-3-7-10-6-2-4-8-11(10)13/h2,4,6,8H,5,9,13H2,1H3. The Hall–Kier alpha value is -1.95. The summed E-state index contributed by atoms with van der Waals surface area (Å²) in [5.41, 5.74) is 7.14. The van der Waals surface area contributed by atoms with E-state index < -0.39 is 0 Å². The highest BCUT2D eigenvalue weighted by Gasteiger charge is 1.96. The Balaban J connectivity index is 2.52. The third kappa shape index (κ3) is 3.74. The zero-order chi connectivity index (χ0) is 11.1. The van der Waals surface area contributed by atoms with Gasteiger partial charge in [0.2, 0.25) is 0 Å². The quantitative estimate of drug-likeness (QED) is 0.451. The van der Waals surface area contributed by atoms with Crippen LogP contribution in [0.1, 0.15) is 18.4 Å². The molecule has 0 aromatic heterocycles. The first kappa shape index (κ1) is 11.1. The number of carbonyl (C=O) groups is 1. The molecule has 2 N–H and O–H groups in total. The minimum Gasteiger partial charge on any atom is -0.469 e. The number of methoxy groups -OCH3 is 1. The van der Waals surface area contributed by atoms with Crippen LogP contribution in [0.4, 0.5) is 5.69 Å². The number of nitrogens with two attached hydrogens (primary N) is 1. The van der Waals surface area contributed by atoms with Crippen LogP contribution in [0.25, 0.3) is 0 Å². The number of nitrogen functional groups attached to an aromatic ring is 1. The maximum Gasteiger partial charge on any atom is 0.306 e. The van der Waals surface area contributed by atoms with E-state index in [4.69, 9.17) is 5.73 Å². The zero-order valence-electron chi connectivity index (χ0n) is 8.62. The van der Waals surface area contributed by atoms with Crippen LogP contribution in [-0.2, 0) is 9.53 Å². The van der Waals surface area contributed by atoms with Crippen molar-refractivity contribution in [3.05, 3.63) is 29.8 Å². The molecule has 3 nitrogen and oxygen atoms in total. The minimum absolute atomic E-state index is 0.245. The van der Waals surface area contributed by atoms with E-state index in [0.717, 1.165) is 5.56 Å². The van der Waals surface area contributed by atoms with Gasteiger partial charge in [0, 0.05) is 17.7 Å². The SMILES string of the molecule is COC(=O)CCC#Cc1ccccc1N. The number of esters is 1. The van der Waals surface area contributed by atoms with Crippen LogP contribution in [-0.4, -0.2) is 13.1 Å². The van der Waals surface area contributed by atoms with Crippen molar-refractivity contribution in [2.24, 2.45) is 0 Å². The molecule has 1 aromatic carbocycles. The molecule has 0 saturated carbocycles. The first-order valence-electron chi connectivity index (χ1n) is 4.64. The van der Waals surface area contributed by atoms with Gasteiger partial charge in [0.05, 0.1) is 13.5 Å². The molecule has 0 bridgehead atoms. The summed E-state index contributed by atoms with van der Waals surface area (Å²) in [7, 11) is 1.37. The highest BCUT2D eigenvalue weighted by molar-refractivity contribution is 5.69. The van der Waals surface area contributed by atoms with Crippen molar-refractivity contribution >= 4 is 11.7 Å². The largest absolute Gasteiger partial charge is 0.469 e. The average molecular weight is 203 g/mol. The van der Waals surface area contributed by atoms with Gasteiger partial charge in [0.25, 0.3) is 0 Å². The van der Waals surface area contributed by atoms with E-state index in [0.29, 0.717) is 18.5 Å². The lowest BCUT2D eigenvalue weighted by molar-refractivity contribution is -0.140. The topological polar surface area (TPSA) is 52.3 Å². The number of benzene rings is 1. The molecule has 0 heterocycles. The van der Waals surface area contributed by atoms with Crippen molar-refractivity contribution in [2.75, 3.05) is 12.8 Å². The van der Waals surface area contributed by atoms with E-state index in [1.54, 1.807) is 6.07 Å². The fourth-order valence-electron chi connectivity index (χ4n) is 1.04. The number of ether oxygens (including phenoxy) is 1. The van der Waals surface area contributed by atoms with Crippen LogP contribution >= 0.6 is 0 Å². The molecule has 0 fully saturated rings. The fraction of sp³-hybridized carbons (Fsp3) is 0.250. The molecule has 0 unspecified atom stereocenters. The van der Waals surface area contributed by atoms with Gasteiger partial charge in [-0.15, -0.1) is 0 Å². The Labute approximate surface area is 89.2 Å². The van der Waals surface area contributed by atoms with Crippen molar-refractivity contribution in [3.63, 3.8) is 0 Å². The van der Waals surface area contributed by atoms with Crippen molar-refractivity contribution in [3.8, 4) is 11.8 Å². The summed E-state index contributed by atoms with van der Waals surface area (Å²) in [4.78, 5) is 10.8. The van der Waals surface area contributed by atoms with Gasteiger partial charge >= 0.3 is 5.97 Å². The fourth-order valence-corrected chi connectivity index (χ4v) is 1.04. The second kappa shape index (κ2) is 5.71. The first-order valence-corrected chi connectivity index (χ1v) is 4.64. The number of hydrogen-bond acceptors (Lipinski definition) is 3. The summed E-state index contributed by atoms with van der Waals surface area (Å²) < 4.78 is 4.49. The van der Waals surface area contributed by atoms with Crippen LogP contribution in [0.2, 0.25) is 0 Å².